The lowest BCUT2D eigenvalue weighted by Crippen LogP contribution is -2.42. The van der Waals surface area contributed by atoms with Gasteiger partial charge in [0.05, 0.1) is 0 Å². The van der Waals surface area contributed by atoms with E-state index in [-0.39, 0.29) is 5.91 Å². The molecule has 1 atom stereocenters. The number of anilines is 1. The third-order valence-electron chi connectivity index (χ3n) is 3.67. The van der Waals surface area contributed by atoms with Gasteiger partial charge in [-0.25, -0.2) is 0 Å². The van der Waals surface area contributed by atoms with Crippen LogP contribution in [0.2, 0.25) is 0 Å². The standard InChI is InChI=1S/C14H20N2O/c1-10-6-3-4-9-16(10)14(17)12-7-5-8-13(15)11(12)2/h5,7-8,10H,3-4,6,9,15H2,1-2H3. The number of nitrogens with zero attached hydrogens (tertiary/aromatic N) is 1. The minimum Gasteiger partial charge on any atom is -0.398 e. The van der Waals surface area contributed by atoms with Crippen molar-refractivity contribution >= 4 is 11.6 Å². The largest absolute Gasteiger partial charge is 0.398 e. The maximum Gasteiger partial charge on any atom is 0.254 e. The van der Waals surface area contributed by atoms with E-state index in [9.17, 15) is 4.79 Å². The quantitative estimate of drug-likeness (QED) is 0.756. The molecule has 1 unspecified atom stereocenters. The molecular formula is C14H20N2O. The molecule has 0 spiro atoms. The Kier molecular flexibility index (Phi) is 3.36. The molecule has 1 saturated heterocycles. The first-order valence-electron chi connectivity index (χ1n) is 6.27. The van der Waals surface area contributed by atoms with Gasteiger partial charge in [0.15, 0.2) is 0 Å². The van der Waals surface area contributed by atoms with Gasteiger partial charge in [-0.2, -0.15) is 0 Å². The van der Waals surface area contributed by atoms with Crippen molar-refractivity contribution in [1.82, 2.24) is 4.90 Å². The number of likely N-dealkylation sites (tertiary alicyclic amines) is 1. The number of amides is 1. The third kappa shape index (κ3) is 2.28. The van der Waals surface area contributed by atoms with E-state index in [1.54, 1.807) is 0 Å². The smallest absolute Gasteiger partial charge is 0.254 e. The number of hydrogen-bond acceptors (Lipinski definition) is 2. The molecule has 1 heterocycles. The molecule has 2 rings (SSSR count). The van der Waals surface area contributed by atoms with E-state index in [1.807, 2.05) is 30.0 Å². The molecule has 92 valence electrons. The van der Waals surface area contributed by atoms with Crippen LogP contribution in [0.4, 0.5) is 5.69 Å². The SMILES string of the molecule is Cc1c(N)cccc1C(=O)N1CCCCC1C. The fourth-order valence-electron chi connectivity index (χ4n) is 2.44. The lowest BCUT2D eigenvalue weighted by Gasteiger charge is -2.33. The van der Waals surface area contributed by atoms with Gasteiger partial charge < -0.3 is 10.6 Å². The summed E-state index contributed by atoms with van der Waals surface area (Å²) in [7, 11) is 0. The van der Waals surface area contributed by atoms with Crippen molar-refractivity contribution < 1.29 is 4.79 Å². The fraction of sp³-hybridized carbons (Fsp3) is 0.500. The molecular weight excluding hydrogens is 212 g/mol. The number of carbonyl (C=O) groups is 1. The van der Waals surface area contributed by atoms with Gasteiger partial charge in [0.25, 0.3) is 5.91 Å². The number of piperidine rings is 1. The molecule has 0 radical (unpaired) electrons. The van der Waals surface area contributed by atoms with Gasteiger partial charge in [-0.1, -0.05) is 6.07 Å². The predicted octanol–water partition coefficient (Wildman–Crippen LogP) is 2.59. The highest BCUT2D eigenvalue weighted by atomic mass is 16.2. The monoisotopic (exact) mass is 232 g/mol. The molecule has 0 aliphatic carbocycles. The van der Waals surface area contributed by atoms with E-state index >= 15 is 0 Å². The van der Waals surface area contributed by atoms with E-state index in [0.29, 0.717) is 11.7 Å². The van der Waals surface area contributed by atoms with Crippen LogP contribution < -0.4 is 5.73 Å². The summed E-state index contributed by atoms with van der Waals surface area (Å²) in [5.74, 6) is 0.127. The third-order valence-corrected chi connectivity index (χ3v) is 3.67. The van der Waals surface area contributed by atoms with Crippen LogP contribution in [0, 0.1) is 6.92 Å². The highest BCUT2D eigenvalue weighted by Crippen LogP contribution is 2.22. The Hall–Kier alpha value is -1.51. The number of nitrogen functional groups attached to an aromatic ring is 1. The van der Waals surface area contributed by atoms with Crippen LogP contribution in [-0.2, 0) is 0 Å². The minimum atomic E-state index is 0.127. The summed E-state index contributed by atoms with van der Waals surface area (Å²) < 4.78 is 0. The molecule has 1 aromatic carbocycles. The van der Waals surface area contributed by atoms with Gasteiger partial charge in [-0.3, -0.25) is 4.79 Å². The van der Waals surface area contributed by atoms with Crippen LogP contribution in [0.25, 0.3) is 0 Å². The molecule has 3 heteroatoms. The number of rotatable bonds is 1. The second-order valence-corrected chi connectivity index (χ2v) is 4.86. The number of hydrogen-bond donors (Lipinski definition) is 1. The van der Waals surface area contributed by atoms with Gasteiger partial charge in [0, 0.05) is 23.8 Å². The Morgan fingerprint density at radius 2 is 2.18 bits per heavy atom. The predicted molar refractivity (Wildman–Crippen MR) is 69.9 cm³/mol. The van der Waals surface area contributed by atoms with Gasteiger partial charge in [-0.15, -0.1) is 0 Å². The minimum absolute atomic E-state index is 0.127. The Balaban J connectivity index is 2.27. The molecule has 1 fully saturated rings. The van der Waals surface area contributed by atoms with Crippen LogP contribution in [0.3, 0.4) is 0 Å². The summed E-state index contributed by atoms with van der Waals surface area (Å²) in [5.41, 5.74) is 8.19. The second-order valence-electron chi connectivity index (χ2n) is 4.86. The van der Waals surface area contributed by atoms with Crippen molar-refractivity contribution in [2.45, 2.75) is 39.2 Å². The van der Waals surface area contributed by atoms with Gasteiger partial charge in [0.1, 0.15) is 0 Å². The Bertz CT molecular complexity index is 428. The summed E-state index contributed by atoms with van der Waals surface area (Å²) in [6.45, 7) is 4.91. The summed E-state index contributed by atoms with van der Waals surface area (Å²) in [6, 6.07) is 5.91. The van der Waals surface area contributed by atoms with Crippen molar-refractivity contribution in [3.05, 3.63) is 29.3 Å². The van der Waals surface area contributed by atoms with E-state index in [0.717, 1.165) is 30.5 Å². The highest BCUT2D eigenvalue weighted by Gasteiger charge is 2.25. The zero-order valence-electron chi connectivity index (χ0n) is 10.6. The van der Waals surface area contributed by atoms with Crippen molar-refractivity contribution in [3.8, 4) is 0 Å². The van der Waals surface area contributed by atoms with Gasteiger partial charge >= 0.3 is 0 Å². The lowest BCUT2D eigenvalue weighted by atomic mass is 10.00. The second kappa shape index (κ2) is 4.78. The first-order chi connectivity index (χ1) is 8.11. The van der Waals surface area contributed by atoms with Gasteiger partial charge in [0.2, 0.25) is 0 Å². The van der Waals surface area contributed by atoms with Gasteiger partial charge in [-0.05, 0) is 50.8 Å². The van der Waals surface area contributed by atoms with Crippen molar-refractivity contribution in [1.29, 1.82) is 0 Å². The Morgan fingerprint density at radius 1 is 1.41 bits per heavy atom. The molecule has 1 amide bonds. The topological polar surface area (TPSA) is 46.3 Å². The molecule has 1 aliphatic heterocycles. The van der Waals surface area contributed by atoms with Crippen molar-refractivity contribution in [3.63, 3.8) is 0 Å². The maximum absolute atomic E-state index is 12.5. The molecule has 3 nitrogen and oxygen atoms in total. The Labute approximate surface area is 103 Å². The molecule has 1 aliphatic rings. The van der Waals surface area contributed by atoms with Crippen LogP contribution in [-0.4, -0.2) is 23.4 Å². The maximum atomic E-state index is 12.5. The first-order valence-corrected chi connectivity index (χ1v) is 6.27. The first kappa shape index (κ1) is 12.0. The van der Waals surface area contributed by atoms with E-state index in [4.69, 9.17) is 5.73 Å². The van der Waals surface area contributed by atoms with E-state index < -0.39 is 0 Å². The van der Waals surface area contributed by atoms with Crippen LogP contribution in [0.1, 0.15) is 42.1 Å². The summed E-state index contributed by atoms with van der Waals surface area (Å²) in [4.78, 5) is 14.4. The normalized spacial score (nSPS) is 20.4. The summed E-state index contributed by atoms with van der Waals surface area (Å²) in [6.07, 6.45) is 3.44. The number of carbonyl (C=O) groups excluding carboxylic acids is 1. The molecule has 0 aromatic heterocycles. The molecule has 2 N–H and O–H groups in total. The summed E-state index contributed by atoms with van der Waals surface area (Å²) in [5, 5.41) is 0. The van der Waals surface area contributed by atoms with E-state index in [1.165, 1.54) is 6.42 Å². The molecule has 1 aromatic rings. The number of nitrogens with two attached hydrogens (primary N) is 1. The zero-order chi connectivity index (χ0) is 12.4. The zero-order valence-corrected chi connectivity index (χ0v) is 10.6. The Morgan fingerprint density at radius 3 is 2.88 bits per heavy atom. The highest BCUT2D eigenvalue weighted by molar-refractivity contribution is 5.97. The van der Waals surface area contributed by atoms with Crippen LogP contribution in [0.15, 0.2) is 18.2 Å². The average Bonchev–Trinajstić information content (AvgIpc) is 2.32. The summed E-state index contributed by atoms with van der Waals surface area (Å²) >= 11 is 0. The molecule has 17 heavy (non-hydrogen) atoms. The van der Waals surface area contributed by atoms with Crippen LogP contribution in [0.5, 0.6) is 0 Å². The van der Waals surface area contributed by atoms with Crippen molar-refractivity contribution in [2.24, 2.45) is 0 Å². The number of benzene rings is 1. The molecule has 0 bridgehead atoms. The average molecular weight is 232 g/mol. The fourth-order valence-corrected chi connectivity index (χ4v) is 2.44. The van der Waals surface area contributed by atoms with Crippen LogP contribution >= 0.6 is 0 Å². The van der Waals surface area contributed by atoms with E-state index in [2.05, 4.69) is 6.92 Å². The van der Waals surface area contributed by atoms with Crippen molar-refractivity contribution in [2.75, 3.05) is 12.3 Å². The lowest BCUT2D eigenvalue weighted by molar-refractivity contribution is 0.0635. The molecule has 0 saturated carbocycles.